The molecule has 0 radical (unpaired) electrons. The normalized spacial score (nSPS) is 23.2. The number of ether oxygens (including phenoxy) is 1. The summed E-state index contributed by atoms with van der Waals surface area (Å²) in [4.78, 5) is 18.0. The minimum Gasteiger partial charge on any atom is -0.497 e. The third kappa shape index (κ3) is 3.54. The molecule has 2 unspecified atom stereocenters. The predicted molar refractivity (Wildman–Crippen MR) is 116 cm³/mol. The van der Waals surface area contributed by atoms with E-state index in [2.05, 4.69) is 58.4 Å². The number of aryl methyl sites for hydroxylation is 1. The molecule has 2 heterocycles. The molecule has 5 rings (SSSR count). The fourth-order valence-electron chi connectivity index (χ4n) is 4.73. The van der Waals surface area contributed by atoms with Gasteiger partial charge in [0, 0.05) is 43.1 Å². The Balaban J connectivity index is 1.46. The highest BCUT2D eigenvalue weighted by molar-refractivity contribution is 5.83. The molecular formula is C24H29N3O2. The van der Waals surface area contributed by atoms with Crippen LogP contribution in [0.2, 0.25) is 0 Å². The minimum atomic E-state index is -0.0234. The smallest absolute Gasteiger partial charge is 0.225 e. The van der Waals surface area contributed by atoms with Crippen LogP contribution in [0.15, 0.2) is 42.5 Å². The lowest BCUT2D eigenvalue weighted by Gasteiger charge is -2.49. The van der Waals surface area contributed by atoms with E-state index < -0.39 is 0 Å². The van der Waals surface area contributed by atoms with Gasteiger partial charge in [-0.2, -0.15) is 0 Å². The van der Waals surface area contributed by atoms with Crippen LogP contribution in [0.25, 0.3) is 0 Å². The first-order valence-electron chi connectivity index (χ1n) is 10.7. The van der Waals surface area contributed by atoms with E-state index in [1.54, 1.807) is 7.11 Å². The van der Waals surface area contributed by atoms with Crippen molar-refractivity contribution in [2.45, 2.75) is 38.3 Å². The summed E-state index contributed by atoms with van der Waals surface area (Å²) in [7, 11) is 1.71. The Morgan fingerprint density at radius 3 is 2.62 bits per heavy atom. The number of carbonyl (C=O) groups excluding carboxylic acids is 1. The molecule has 2 aromatic rings. The lowest BCUT2D eigenvalue weighted by atomic mass is 9.83. The molecule has 2 aliphatic heterocycles. The van der Waals surface area contributed by atoms with E-state index in [-0.39, 0.29) is 17.9 Å². The molecule has 0 bridgehead atoms. The number of benzene rings is 2. The summed E-state index contributed by atoms with van der Waals surface area (Å²) in [6.07, 6.45) is 3.03. The summed E-state index contributed by atoms with van der Waals surface area (Å²) < 4.78 is 5.48. The van der Waals surface area contributed by atoms with Crippen molar-refractivity contribution in [3.8, 4) is 5.75 Å². The number of piperazine rings is 1. The predicted octanol–water partition coefficient (Wildman–Crippen LogP) is 3.15. The van der Waals surface area contributed by atoms with Crippen LogP contribution in [0.5, 0.6) is 5.75 Å². The first-order valence-corrected chi connectivity index (χ1v) is 10.7. The van der Waals surface area contributed by atoms with Crippen molar-refractivity contribution in [3.63, 3.8) is 0 Å². The van der Waals surface area contributed by atoms with Gasteiger partial charge in [-0.25, -0.2) is 0 Å². The summed E-state index contributed by atoms with van der Waals surface area (Å²) in [6, 6.07) is 15.6. The number of hydrogen-bond donors (Lipinski definition) is 1. The highest BCUT2D eigenvalue weighted by Crippen LogP contribution is 2.39. The molecule has 3 aliphatic rings. The van der Waals surface area contributed by atoms with Gasteiger partial charge in [-0.05, 0) is 49.9 Å². The Hall–Kier alpha value is -2.69. The Kier molecular flexibility index (Phi) is 4.61. The number of hydrogen-bond acceptors (Lipinski definition) is 4. The Morgan fingerprint density at radius 2 is 1.90 bits per heavy atom. The van der Waals surface area contributed by atoms with Gasteiger partial charge in [0.1, 0.15) is 5.75 Å². The maximum absolute atomic E-state index is 13.1. The van der Waals surface area contributed by atoms with Crippen molar-refractivity contribution in [2.24, 2.45) is 5.92 Å². The van der Waals surface area contributed by atoms with Gasteiger partial charge in [0.05, 0.1) is 19.1 Å². The summed E-state index contributed by atoms with van der Waals surface area (Å²) in [5, 5.41) is 3.26. The average molecular weight is 392 g/mol. The topological polar surface area (TPSA) is 44.8 Å². The van der Waals surface area contributed by atoms with E-state index in [0.29, 0.717) is 6.04 Å². The number of carbonyl (C=O) groups is 1. The number of fused-ring (bicyclic) bond motifs is 3. The molecule has 0 aromatic heterocycles. The molecule has 2 fully saturated rings. The van der Waals surface area contributed by atoms with Gasteiger partial charge in [-0.15, -0.1) is 0 Å². The SMILES string of the molecule is COc1ccc2c(c1)N1CCN(c3ccc(C)cc3)CC1C(C(=O)NC1CC1)C2. The van der Waals surface area contributed by atoms with Gasteiger partial charge in [0.15, 0.2) is 0 Å². The van der Waals surface area contributed by atoms with Crippen LogP contribution < -0.4 is 19.9 Å². The highest BCUT2D eigenvalue weighted by atomic mass is 16.5. The van der Waals surface area contributed by atoms with Crippen LogP contribution in [0.3, 0.4) is 0 Å². The van der Waals surface area contributed by atoms with Crippen LogP contribution in [-0.2, 0) is 11.2 Å². The minimum absolute atomic E-state index is 0.0234. The molecule has 29 heavy (non-hydrogen) atoms. The largest absolute Gasteiger partial charge is 0.497 e. The Morgan fingerprint density at radius 1 is 1.10 bits per heavy atom. The second-order valence-electron chi connectivity index (χ2n) is 8.63. The summed E-state index contributed by atoms with van der Waals surface area (Å²) in [5.74, 6) is 1.07. The number of nitrogens with one attached hydrogen (secondary N) is 1. The molecule has 1 amide bonds. The first-order chi connectivity index (χ1) is 14.1. The van der Waals surface area contributed by atoms with E-state index in [0.717, 1.165) is 44.6 Å². The fourth-order valence-corrected chi connectivity index (χ4v) is 4.73. The molecule has 1 saturated carbocycles. The summed E-state index contributed by atoms with van der Waals surface area (Å²) >= 11 is 0. The standard InChI is InChI=1S/C24H29N3O2/c1-16-3-8-19(9-4-16)26-11-12-27-22-14-20(29-2)10-5-17(22)13-21(23(27)15-26)24(28)25-18-6-7-18/h3-5,8-10,14,18,21,23H,6-7,11-13,15H2,1-2H3,(H,25,28). The second-order valence-corrected chi connectivity index (χ2v) is 8.63. The monoisotopic (exact) mass is 391 g/mol. The summed E-state index contributed by atoms with van der Waals surface area (Å²) in [5.41, 5.74) is 5.00. The molecule has 2 aromatic carbocycles. The molecular weight excluding hydrogens is 362 g/mol. The van der Waals surface area contributed by atoms with Crippen LogP contribution >= 0.6 is 0 Å². The van der Waals surface area contributed by atoms with Crippen LogP contribution in [0.1, 0.15) is 24.0 Å². The Bertz CT molecular complexity index is 907. The zero-order chi connectivity index (χ0) is 20.0. The molecule has 152 valence electrons. The van der Waals surface area contributed by atoms with Crippen LogP contribution in [0.4, 0.5) is 11.4 Å². The van der Waals surface area contributed by atoms with Gasteiger partial charge in [-0.1, -0.05) is 23.8 Å². The fraction of sp³-hybridized carbons (Fsp3) is 0.458. The van der Waals surface area contributed by atoms with E-state index in [1.807, 2.05) is 6.07 Å². The third-order valence-electron chi connectivity index (χ3n) is 6.58. The lowest BCUT2D eigenvalue weighted by molar-refractivity contribution is -0.126. The van der Waals surface area contributed by atoms with Crippen LogP contribution in [-0.4, -0.2) is 44.7 Å². The Labute approximate surface area is 172 Å². The zero-order valence-corrected chi connectivity index (χ0v) is 17.2. The number of nitrogens with zero attached hydrogens (tertiary/aromatic N) is 2. The second kappa shape index (κ2) is 7.29. The maximum atomic E-state index is 13.1. The van der Waals surface area contributed by atoms with Crippen molar-refractivity contribution < 1.29 is 9.53 Å². The van der Waals surface area contributed by atoms with Crippen molar-refractivity contribution in [1.29, 1.82) is 0 Å². The van der Waals surface area contributed by atoms with Crippen molar-refractivity contribution >= 4 is 17.3 Å². The molecule has 0 spiro atoms. The van der Waals surface area contributed by atoms with Crippen LogP contribution in [0, 0.1) is 12.8 Å². The maximum Gasteiger partial charge on any atom is 0.225 e. The van der Waals surface area contributed by atoms with Gasteiger partial charge in [0.25, 0.3) is 0 Å². The molecule has 2 atom stereocenters. The van der Waals surface area contributed by atoms with Crippen molar-refractivity contribution in [2.75, 3.05) is 36.5 Å². The van der Waals surface area contributed by atoms with E-state index in [1.165, 1.54) is 22.5 Å². The van der Waals surface area contributed by atoms with E-state index in [4.69, 9.17) is 4.74 Å². The molecule has 1 aliphatic carbocycles. The highest BCUT2D eigenvalue weighted by Gasteiger charge is 2.42. The van der Waals surface area contributed by atoms with E-state index in [9.17, 15) is 4.79 Å². The number of rotatable bonds is 4. The zero-order valence-electron chi connectivity index (χ0n) is 17.2. The van der Waals surface area contributed by atoms with Gasteiger partial charge >= 0.3 is 0 Å². The van der Waals surface area contributed by atoms with Gasteiger partial charge < -0.3 is 19.9 Å². The molecule has 5 heteroatoms. The third-order valence-corrected chi connectivity index (χ3v) is 6.58. The van der Waals surface area contributed by atoms with E-state index >= 15 is 0 Å². The van der Waals surface area contributed by atoms with Gasteiger partial charge in [0.2, 0.25) is 5.91 Å². The average Bonchev–Trinajstić information content (AvgIpc) is 3.56. The molecule has 1 saturated heterocycles. The van der Waals surface area contributed by atoms with Crippen molar-refractivity contribution in [3.05, 3.63) is 53.6 Å². The van der Waals surface area contributed by atoms with Gasteiger partial charge in [-0.3, -0.25) is 4.79 Å². The quantitative estimate of drug-likeness (QED) is 0.870. The number of anilines is 2. The number of amides is 1. The molecule has 5 nitrogen and oxygen atoms in total. The summed E-state index contributed by atoms with van der Waals surface area (Å²) in [6.45, 7) is 4.84. The van der Waals surface area contributed by atoms with Crippen molar-refractivity contribution in [1.82, 2.24) is 5.32 Å². The molecule has 1 N–H and O–H groups in total. The first kappa shape index (κ1) is 18.3. The lowest BCUT2D eigenvalue weighted by Crippen LogP contribution is -2.61. The number of methoxy groups -OCH3 is 1.